The second kappa shape index (κ2) is 9.45. The molecule has 6 N–H and O–H groups in total. The normalized spacial score (nSPS) is 30.2. The molecule has 0 heterocycles. The second-order valence-corrected chi connectivity index (χ2v) is 12.0. The molecule has 1 amide bonds. The highest BCUT2D eigenvalue weighted by atomic mass is 16.5. The fourth-order valence-electron chi connectivity index (χ4n) is 6.57. The van der Waals surface area contributed by atoms with Crippen molar-refractivity contribution in [3.8, 4) is 5.75 Å². The predicted octanol–water partition coefficient (Wildman–Crippen LogP) is 1.75. The van der Waals surface area contributed by atoms with Crippen molar-refractivity contribution in [2.75, 3.05) is 14.1 Å². The Kier molecular flexibility index (Phi) is 6.92. The third-order valence-corrected chi connectivity index (χ3v) is 8.47. The summed E-state index contributed by atoms with van der Waals surface area (Å²) in [7, 11) is 2.95. The van der Waals surface area contributed by atoms with Crippen LogP contribution in [0, 0.1) is 11.8 Å². The molecule has 3 aliphatic carbocycles. The van der Waals surface area contributed by atoms with E-state index < -0.39 is 87.0 Å². The monoisotopic (exact) mass is 556 g/mol. The van der Waals surface area contributed by atoms with Crippen LogP contribution in [0.15, 0.2) is 29.0 Å². The smallest absolute Gasteiger partial charge is 0.305 e. The molecular weight excluding hydrogens is 520 g/mol. The zero-order valence-corrected chi connectivity index (χ0v) is 23.6. The largest absolute Gasteiger partial charge is 0.508 e. The van der Waals surface area contributed by atoms with E-state index in [-0.39, 0.29) is 17.7 Å². The topological polar surface area (TPSA) is 188 Å². The van der Waals surface area contributed by atoms with Crippen LogP contribution in [-0.2, 0) is 29.3 Å². The van der Waals surface area contributed by atoms with Gasteiger partial charge in [-0.15, -0.1) is 0 Å². The lowest BCUT2D eigenvalue weighted by molar-refractivity contribution is -0.185. The van der Waals surface area contributed by atoms with Crippen molar-refractivity contribution in [1.29, 1.82) is 0 Å². The molecule has 0 aromatic heterocycles. The number of ketones is 2. The number of amides is 1. The average Bonchev–Trinajstić information content (AvgIpc) is 2.84. The fraction of sp³-hybridized carbons (Fsp3) is 0.517. The molecule has 0 radical (unpaired) electrons. The van der Waals surface area contributed by atoms with E-state index in [0.29, 0.717) is 11.1 Å². The fourth-order valence-corrected chi connectivity index (χ4v) is 6.57. The maximum atomic E-state index is 14.3. The number of benzene rings is 1. The number of nitrogens with zero attached hydrogens (tertiary/aromatic N) is 1. The van der Waals surface area contributed by atoms with Crippen LogP contribution in [0.4, 0.5) is 0 Å². The number of aromatic hydroxyl groups is 1. The Labute approximate surface area is 231 Å². The minimum Gasteiger partial charge on any atom is -0.508 e. The Morgan fingerprint density at radius 2 is 1.73 bits per heavy atom. The van der Waals surface area contributed by atoms with Crippen molar-refractivity contribution in [3.05, 3.63) is 45.7 Å². The van der Waals surface area contributed by atoms with E-state index in [1.807, 2.05) is 20.8 Å². The highest BCUT2D eigenvalue weighted by molar-refractivity contribution is 6.24. The summed E-state index contributed by atoms with van der Waals surface area (Å²) in [6.45, 7) is 8.85. The van der Waals surface area contributed by atoms with Crippen molar-refractivity contribution >= 4 is 29.2 Å². The van der Waals surface area contributed by atoms with Crippen molar-refractivity contribution in [2.45, 2.75) is 70.1 Å². The molecule has 0 aliphatic heterocycles. The number of fused-ring (bicyclic) bond motifs is 3. The van der Waals surface area contributed by atoms with E-state index in [9.17, 15) is 39.6 Å². The quantitative estimate of drug-likeness (QED) is 0.270. The first-order valence-corrected chi connectivity index (χ1v) is 13.1. The number of rotatable bonds is 4. The Balaban J connectivity index is 2.13. The van der Waals surface area contributed by atoms with Gasteiger partial charge in [0.15, 0.2) is 11.4 Å². The lowest BCUT2D eigenvalue weighted by Gasteiger charge is -2.54. The predicted molar refractivity (Wildman–Crippen MR) is 143 cm³/mol. The molecule has 1 aromatic carbocycles. The van der Waals surface area contributed by atoms with Crippen molar-refractivity contribution in [2.24, 2.45) is 17.6 Å². The number of esters is 1. The van der Waals surface area contributed by atoms with Crippen molar-refractivity contribution in [3.63, 3.8) is 0 Å². The highest BCUT2D eigenvalue weighted by Crippen LogP contribution is 2.57. The van der Waals surface area contributed by atoms with E-state index in [2.05, 4.69) is 0 Å². The Morgan fingerprint density at radius 3 is 2.23 bits per heavy atom. The Hall–Kier alpha value is -3.70. The number of hydrogen-bond acceptors (Lipinski definition) is 10. The van der Waals surface area contributed by atoms with Crippen LogP contribution in [-0.4, -0.2) is 80.6 Å². The van der Waals surface area contributed by atoms with Gasteiger partial charge in [0.25, 0.3) is 5.91 Å². The summed E-state index contributed by atoms with van der Waals surface area (Å²) < 4.78 is 5.82. The molecule has 4 rings (SSSR count). The number of likely N-dealkylation sites (N-methyl/N-ethyl adjacent to an activating group) is 1. The number of aliphatic hydroxyl groups excluding tert-OH is 2. The van der Waals surface area contributed by atoms with Crippen LogP contribution in [0.2, 0.25) is 0 Å². The van der Waals surface area contributed by atoms with Gasteiger partial charge < -0.3 is 30.9 Å². The van der Waals surface area contributed by atoms with Gasteiger partial charge in [0, 0.05) is 23.5 Å². The maximum Gasteiger partial charge on any atom is 0.305 e. The van der Waals surface area contributed by atoms with Crippen LogP contribution >= 0.6 is 0 Å². The minimum atomic E-state index is -2.96. The Morgan fingerprint density at radius 1 is 1.12 bits per heavy atom. The molecule has 11 nitrogen and oxygen atoms in total. The van der Waals surface area contributed by atoms with Crippen LogP contribution < -0.4 is 5.73 Å². The number of carbonyl (C=O) groups excluding carboxylic acids is 4. The molecule has 3 aliphatic rings. The van der Waals surface area contributed by atoms with E-state index in [4.69, 9.17) is 10.5 Å². The lowest BCUT2D eigenvalue weighted by Crippen LogP contribution is -2.71. The second-order valence-electron chi connectivity index (χ2n) is 12.0. The molecule has 0 spiro atoms. The first kappa shape index (κ1) is 29.3. The lowest BCUT2D eigenvalue weighted by atomic mass is 9.54. The zero-order valence-electron chi connectivity index (χ0n) is 23.6. The third kappa shape index (κ3) is 3.86. The summed E-state index contributed by atoms with van der Waals surface area (Å²) in [5.41, 5.74) is 1.50. The molecule has 1 saturated carbocycles. The number of hydrogen-bond donors (Lipinski definition) is 5. The van der Waals surface area contributed by atoms with Gasteiger partial charge in [0.2, 0.25) is 5.78 Å². The van der Waals surface area contributed by atoms with Crippen LogP contribution in [0.3, 0.4) is 0 Å². The molecule has 6 atom stereocenters. The molecule has 40 heavy (non-hydrogen) atoms. The molecule has 1 aromatic rings. The maximum absolute atomic E-state index is 14.3. The molecule has 216 valence electrons. The van der Waals surface area contributed by atoms with Crippen LogP contribution in [0.5, 0.6) is 5.75 Å². The van der Waals surface area contributed by atoms with E-state index in [0.717, 1.165) is 0 Å². The molecule has 0 saturated heterocycles. The van der Waals surface area contributed by atoms with E-state index in [1.54, 1.807) is 26.0 Å². The first-order valence-electron chi connectivity index (χ1n) is 13.1. The van der Waals surface area contributed by atoms with Crippen LogP contribution in [0.25, 0.3) is 5.76 Å². The average molecular weight is 557 g/mol. The van der Waals surface area contributed by atoms with E-state index >= 15 is 0 Å². The summed E-state index contributed by atoms with van der Waals surface area (Å²) in [5, 5.41) is 46.1. The summed E-state index contributed by atoms with van der Waals surface area (Å²) in [6, 6.07) is 2.03. The number of Topliss-reactive ketones (excluding diaryl/α,β-unsaturated/α-hetero) is 2. The standard InChI is InChI=1S/C29H36N2O9/c1-8-14(32)40-24-15-11(2)12-9-10-13(28(3,4)5)21(33)16(12)22(34)17(15)25(36)29(39)19(24)20(31(6)7)23(35)18(26(29)37)27(30)38/h9-11,15,19-20,24,33-34,37,39H,8H2,1-7H3,(H2,30,38)/t11?,15?,19?,20-,24?,29-/m0/s1. The van der Waals surface area contributed by atoms with Crippen molar-refractivity contribution < 1.29 is 44.3 Å². The van der Waals surface area contributed by atoms with Gasteiger partial charge in [-0.1, -0.05) is 46.8 Å². The van der Waals surface area contributed by atoms with Gasteiger partial charge in [-0.3, -0.25) is 24.1 Å². The van der Waals surface area contributed by atoms with Crippen molar-refractivity contribution in [1.82, 2.24) is 4.90 Å². The summed E-state index contributed by atoms with van der Waals surface area (Å²) >= 11 is 0. The SMILES string of the molecule is CCC(=O)OC1C2C(=C(O)c3c(ccc(C(C)(C)C)c3O)C2C)C(=O)[C@]2(O)C(O)=C(C(N)=O)C(=O)[C@@H](N(C)C)C12. The molecule has 1 fully saturated rings. The zero-order chi connectivity index (χ0) is 30.2. The number of nitrogens with two attached hydrogens (primary N) is 1. The minimum absolute atomic E-state index is 0.0169. The number of carbonyl (C=O) groups is 4. The van der Waals surface area contributed by atoms with E-state index in [1.165, 1.54) is 19.0 Å². The van der Waals surface area contributed by atoms with Gasteiger partial charge in [0.1, 0.15) is 28.9 Å². The molecule has 0 bridgehead atoms. The van der Waals surface area contributed by atoms with Gasteiger partial charge in [-0.25, -0.2) is 0 Å². The number of primary amides is 1. The number of aliphatic hydroxyl groups is 3. The number of phenols is 1. The van der Waals surface area contributed by atoms with Crippen LogP contribution in [0.1, 0.15) is 63.6 Å². The molecular formula is C29H36N2O9. The third-order valence-electron chi connectivity index (χ3n) is 8.47. The summed E-state index contributed by atoms with van der Waals surface area (Å²) in [4.78, 5) is 54.1. The first-order chi connectivity index (χ1) is 18.4. The van der Waals surface area contributed by atoms with Gasteiger partial charge in [0.05, 0.1) is 17.5 Å². The summed E-state index contributed by atoms with van der Waals surface area (Å²) in [6.07, 6.45) is -1.49. The number of phenolic OH excluding ortho intramolecular Hbond substituents is 1. The van der Waals surface area contributed by atoms with Gasteiger partial charge >= 0.3 is 5.97 Å². The van der Waals surface area contributed by atoms with Gasteiger partial charge in [-0.2, -0.15) is 0 Å². The Bertz CT molecular complexity index is 1400. The summed E-state index contributed by atoms with van der Waals surface area (Å²) in [5.74, 6) is -9.65. The molecule has 4 unspecified atom stereocenters. The van der Waals surface area contributed by atoms with Gasteiger partial charge in [-0.05, 0) is 31.0 Å². The number of ether oxygens (including phenoxy) is 1. The highest BCUT2D eigenvalue weighted by Gasteiger charge is 2.69. The molecule has 11 heteroatoms.